The van der Waals surface area contributed by atoms with Crippen LogP contribution in [-0.4, -0.2) is 38.4 Å². The summed E-state index contributed by atoms with van der Waals surface area (Å²) < 4.78 is 1.07. The Balaban J connectivity index is 0.000000261. The quantitative estimate of drug-likeness (QED) is 0.609. The first-order valence-electron chi connectivity index (χ1n) is 6.31. The smallest absolute Gasteiger partial charge is 0.328 e. The van der Waals surface area contributed by atoms with Crippen molar-refractivity contribution in [3.8, 4) is 0 Å². The molecule has 0 aliphatic heterocycles. The van der Waals surface area contributed by atoms with E-state index in [-0.39, 0.29) is 6.04 Å². The zero-order valence-corrected chi connectivity index (χ0v) is 13.4. The van der Waals surface area contributed by atoms with Gasteiger partial charge in [-0.3, -0.25) is 5.10 Å². The summed E-state index contributed by atoms with van der Waals surface area (Å²) in [6, 6.07) is 6.19. The second kappa shape index (κ2) is 8.30. The minimum atomic E-state index is -1.26. The lowest BCUT2D eigenvalue weighted by Crippen LogP contribution is -2.18. The van der Waals surface area contributed by atoms with E-state index >= 15 is 0 Å². The molecule has 1 aromatic carbocycles. The lowest BCUT2D eigenvalue weighted by Gasteiger charge is -2.02. The van der Waals surface area contributed by atoms with Crippen molar-refractivity contribution in [2.24, 2.45) is 5.73 Å². The highest BCUT2D eigenvalue weighted by atomic mass is 79.9. The van der Waals surface area contributed by atoms with Crippen molar-refractivity contribution < 1.29 is 19.8 Å². The van der Waals surface area contributed by atoms with Gasteiger partial charge in [-0.1, -0.05) is 15.9 Å². The summed E-state index contributed by atoms with van der Waals surface area (Å²) in [5, 5.41) is 24.0. The van der Waals surface area contributed by atoms with E-state index in [1.165, 1.54) is 0 Å². The predicted molar refractivity (Wildman–Crippen MR) is 85.6 cm³/mol. The van der Waals surface area contributed by atoms with Crippen LogP contribution in [0.25, 0.3) is 10.9 Å². The largest absolute Gasteiger partial charge is 0.478 e. The van der Waals surface area contributed by atoms with Gasteiger partial charge in [0.15, 0.2) is 0 Å². The van der Waals surface area contributed by atoms with Crippen LogP contribution in [0, 0.1) is 0 Å². The molecule has 0 saturated carbocycles. The van der Waals surface area contributed by atoms with Crippen molar-refractivity contribution in [1.82, 2.24) is 10.2 Å². The van der Waals surface area contributed by atoms with Gasteiger partial charge in [0, 0.05) is 40.2 Å². The number of benzene rings is 1. The van der Waals surface area contributed by atoms with Gasteiger partial charge in [-0.15, -0.1) is 0 Å². The van der Waals surface area contributed by atoms with E-state index in [0.29, 0.717) is 12.2 Å². The molecule has 0 radical (unpaired) electrons. The van der Waals surface area contributed by atoms with E-state index in [9.17, 15) is 9.59 Å². The first kappa shape index (κ1) is 17.9. The van der Waals surface area contributed by atoms with Gasteiger partial charge in [-0.25, -0.2) is 9.59 Å². The molecule has 0 aliphatic carbocycles. The molecule has 0 bridgehead atoms. The van der Waals surface area contributed by atoms with Gasteiger partial charge >= 0.3 is 11.9 Å². The Morgan fingerprint density at radius 2 is 1.95 bits per heavy atom. The van der Waals surface area contributed by atoms with Crippen LogP contribution in [0.1, 0.15) is 12.6 Å². The molecular weight excluding hydrogens is 354 g/mol. The van der Waals surface area contributed by atoms with Crippen LogP contribution >= 0.6 is 15.9 Å². The fourth-order valence-electron chi connectivity index (χ4n) is 1.66. The molecule has 0 saturated heterocycles. The maximum atomic E-state index is 9.55. The molecule has 0 fully saturated rings. The summed E-state index contributed by atoms with van der Waals surface area (Å²) in [5.41, 5.74) is 7.85. The van der Waals surface area contributed by atoms with E-state index in [1.807, 2.05) is 19.1 Å². The van der Waals surface area contributed by atoms with E-state index in [4.69, 9.17) is 15.9 Å². The Bertz CT molecular complexity index is 678. The molecule has 1 heterocycles. The Morgan fingerprint density at radius 1 is 1.36 bits per heavy atom. The third-order valence-electron chi connectivity index (χ3n) is 2.49. The van der Waals surface area contributed by atoms with Crippen molar-refractivity contribution in [3.63, 3.8) is 0 Å². The molecule has 1 atom stereocenters. The third-order valence-corrected chi connectivity index (χ3v) is 2.98. The maximum absolute atomic E-state index is 9.55. The fraction of sp³-hybridized carbons (Fsp3) is 0.214. The minimum Gasteiger partial charge on any atom is -0.478 e. The SMILES string of the molecule is CC(N)Cc1[nH]nc2ccc(Br)cc12.O=C(O)/C=C/C(=O)O. The first-order chi connectivity index (χ1) is 10.3. The second-order valence-corrected chi connectivity index (χ2v) is 5.47. The van der Waals surface area contributed by atoms with E-state index in [2.05, 4.69) is 32.2 Å². The third kappa shape index (κ3) is 6.06. The molecule has 2 aromatic rings. The molecule has 22 heavy (non-hydrogen) atoms. The van der Waals surface area contributed by atoms with Crippen molar-refractivity contribution >= 4 is 38.8 Å². The number of nitrogens with zero attached hydrogens (tertiary/aromatic N) is 1. The maximum Gasteiger partial charge on any atom is 0.328 e. The van der Waals surface area contributed by atoms with E-state index in [1.54, 1.807) is 0 Å². The molecule has 8 heteroatoms. The lowest BCUT2D eigenvalue weighted by atomic mass is 10.1. The number of hydrogen-bond donors (Lipinski definition) is 4. The van der Waals surface area contributed by atoms with Gasteiger partial charge in [0.2, 0.25) is 0 Å². The number of nitrogens with one attached hydrogen (secondary N) is 1. The van der Waals surface area contributed by atoms with Crippen LogP contribution in [0.5, 0.6) is 0 Å². The number of nitrogens with two attached hydrogens (primary N) is 1. The van der Waals surface area contributed by atoms with Gasteiger partial charge in [0.25, 0.3) is 0 Å². The summed E-state index contributed by atoms with van der Waals surface area (Å²) in [4.78, 5) is 19.1. The highest BCUT2D eigenvalue weighted by Gasteiger charge is 2.07. The Morgan fingerprint density at radius 3 is 2.45 bits per heavy atom. The number of rotatable bonds is 4. The highest BCUT2D eigenvalue weighted by Crippen LogP contribution is 2.21. The fourth-order valence-corrected chi connectivity index (χ4v) is 2.02. The molecule has 1 aromatic heterocycles. The number of aromatic nitrogens is 2. The number of carboxylic acids is 2. The van der Waals surface area contributed by atoms with Crippen molar-refractivity contribution in [2.45, 2.75) is 19.4 Å². The Kier molecular flexibility index (Phi) is 6.74. The van der Waals surface area contributed by atoms with Crippen LogP contribution in [0.15, 0.2) is 34.8 Å². The molecule has 0 amide bonds. The number of halogens is 1. The van der Waals surface area contributed by atoms with Crippen molar-refractivity contribution in [3.05, 3.63) is 40.5 Å². The molecule has 1 unspecified atom stereocenters. The number of hydrogen-bond acceptors (Lipinski definition) is 4. The summed E-state index contributed by atoms with van der Waals surface area (Å²) in [6.07, 6.45) is 1.94. The number of aliphatic carboxylic acids is 2. The molecule has 2 rings (SSSR count). The summed E-state index contributed by atoms with van der Waals surface area (Å²) in [6.45, 7) is 1.99. The normalized spacial score (nSPS) is 12.0. The number of fused-ring (bicyclic) bond motifs is 1. The van der Waals surface area contributed by atoms with E-state index < -0.39 is 11.9 Å². The van der Waals surface area contributed by atoms with Gasteiger partial charge in [-0.05, 0) is 25.1 Å². The zero-order chi connectivity index (χ0) is 16.7. The summed E-state index contributed by atoms with van der Waals surface area (Å²) in [7, 11) is 0. The molecular formula is C14H16BrN3O4. The standard InChI is InChI=1S/C10H12BrN3.C4H4O4/c1-6(12)4-10-8-5-7(11)2-3-9(8)13-14-10;5-3(6)1-2-4(7)8/h2-3,5-6H,4,12H2,1H3,(H,13,14);1-2H,(H,5,6)(H,7,8)/b;2-1+. The monoisotopic (exact) mass is 369 g/mol. The van der Waals surface area contributed by atoms with Crippen LogP contribution in [0.4, 0.5) is 0 Å². The minimum absolute atomic E-state index is 0.151. The highest BCUT2D eigenvalue weighted by molar-refractivity contribution is 9.10. The molecule has 118 valence electrons. The van der Waals surface area contributed by atoms with Crippen LogP contribution in [-0.2, 0) is 16.0 Å². The molecule has 7 nitrogen and oxygen atoms in total. The van der Waals surface area contributed by atoms with E-state index in [0.717, 1.165) is 27.5 Å². The number of carboxylic acid groups (broad SMARTS) is 2. The number of H-pyrrole nitrogens is 1. The molecule has 0 aliphatic rings. The number of aromatic amines is 1. The zero-order valence-electron chi connectivity index (χ0n) is 11.8. The van der Waals surface area contributed by atoms with Gasteiger partial charge in [0.1, 0.15) is 0 Å². The average molecular weight is 370 g/mol. The Labute approximate surface area is 135 Å². The summed E-state index contributed by atoms with van der Waals surface area (Å²) >= 11 is 3.44. The topological polar surface area (TPSA) is 129 Å². The first-order valence-corrected chi connectivity index (χ1v) is 7.11. The van der Waals surface area contributed by atoms with Crippen molar-refractivity contribution in [2.75, 3.05) is 0 Å². The lowest BCUT2D eigenvalue weighted by molar-refractivity contribution is -0.134. The van der Waals surface area contributed by atoms with Crippen LogP contribution in [0.2, 0.25) is 0 Å². The van der Waals surface area contributed by atoms with Crippen molar-refractivity contribution in [1.29, 1.82) is 0 Å². The number of carbonyl (C=O) groups is 2. The van der Waals surface area contributed by atoms with Crippen LogP contribution in [0.3, 0.4) is 0 Å². The van der Waals surface area contributed by atoms with Crippen LogP contribution < -0.4 is 5.73 Å². The summed E-state index contributed by atoms with van der Waals surface area (Å²) in [5.74, 6) is -2.51. The predicted octanol–water partition coefficient (Wildman–Crippen LogP) is 1.93. The second-order valence-electron chi connectivity index (χ2n) is 4.55. The Hall–Kier alpha value is -2.19. The average Bonchev–Trinajstić information content (AvgIpc) is 2.79. The molecule has 0 spiro atoms. The molecule has 5 N–H and O–H groups in total. The van der Waals surface area contributed by atoms with Gasteiger partial charge in [-0.2, -0.15) is 5.10 Å². The van der Waals surface area contributed by atoms with Gasteiger partial charge in [0.05, 0.1) is 5.52 Å². The van der Waals surface area contributed by atoms with Gasteiger partial charge < -0.3 is 15.9 Å².